The maximum Gasteiger partial charge on any atom is 0.407 e. The molecule has 472 valence electrons. The van der Waals surface area contributed by atoms with Gasteiger partial charge in [0.05, 0.1) is 65.6 Å². The molecule has 7 rings (SSSR count). The predicted molar refractivity (Wildman–Crippen MR) is 309 cm³/mol. The minimum atomic E-state index is -2.37. The van der Waals surface area contributed by atoms with Gasteiger partial charge >= 0.3 is 12.1 Å². The Kier molecular flexibility index (Phi) is 23.3. The molecular weight excluding hydrogens is 1110 g/mol. The van der Waals surface area contributed by atoms with Crippen LogP contribution in [0.1, 0.15) is 105 Å². The van der Waals surface area contributed by atoms with E-state index in [1.807, 2.05) is 0 Å². The molecule has 1 aromatic rings. The first kappa shape index (κ1) is 66.7. The summed E-state index contributed by atoms with van der Waals surface area (Å²) in [6.07, 6.45) is 5.34. The van der Waals surface area contributed by atoms with Crippen LogP contribution < -0.4 is 37.1 Å². The Hall–Kier alpha value is -5.85. The third-order valence-corrected chi connectivity index (χ3v) is 18.9. The number of ketones is 2. The van der Waals surface area contributed by atoms with E-state index < -0.39 is 112 Å². The van der Waals surface area contributed by atoms with Crippen LogP contribution in [0.5, 0.6) is 5.75 Å². The molecule has 14 atom stereocenters. The maximum atomic E-state index is 17.7. The Bertz CT molecular complexity index is 2610. The van der Waals surface area contributed by atoms with Crippen LogP contribution in [0.25, 0.3) is 0 Å². The number of nitrogens with one attached hydrogen (secondary N) is 5. The number of carbonyl (C=O) groups is 7. The van der Waals surface area contributed by atoms with Crippen molar-refractivity contribution < 1.29 is 81.0 Å². The van der Waals surface area contributed by atoms with E-state index in [0.717, 1.165) is 25.3 Å². The molecule has 23 heteroatoms. The number of alkyl halides is 2. The van der Waals surface area contributed by atoms with Crippen molar-refractivity contribution in [3.8, 4) is 5.75 Å². The van der Waals surface area contributed by atoms with Crippen LogP contribution in [0.2, 0.25) is 0 Å². The summed E-state index contributed by atoms with van der Waals surface area (Å²) in [4.78, 5) is 90.4. The number of allylic oxidation sites excluding steroid dienone is 5. The van der Waals surface area contributed by atoms with E-state index in [1.54, 1.807) is 27.7 Å². The van der Waals surface area contributed by atoms with Crippen molar-refractivity contribution in [2.75, 3.05) is 84.5 Å². The largest absolute Gasteiger partial charge is 0.486 e. The summed E-state index contributed by atoms with van der Waals surface area (Å²) < 4.78 is 67.1. The Morgan fingerprint density at radius 2 is 1.51 bits per heavy atom. The van der Waals surface area contributed by atoms with Gasteiger partial charge in [0.15, 0.2) is 11.5 Å². The number of carbonyl (C=O) groups excluding carboxylic acids is 7. The molecule has 0 aliphatic heterocycles. The number of hydrogen-bond acceptors (Lipinski definition) is 15. The molecule has 1 aromatic carbocycles. The average molecular weight is 1200 g/mol. The highest BCUT2D eigenvalue weighted by Crippen LogP contribution is 2.71. The second-order valence-corrected chi connectivity index (χ2v) is 24.7. The Balaban J connectivity index is 0.783. The summed E-state index contributed by atoms with van der Waals surface area (Å²) in [6, 6.07) is 3.06. The fourth-order valence-electron chi connectivity index (χ4n) is 14.2. The molecule has 5 saturated carbocycles. The van der Waals surface area contributed by atoms with Crippen molar-refractivity contribution in [1.29, 1.82) is 0 Å². The lowest BCUT2D eigenvalue weighted by Crippen LogP contribution is -2.70. The molecule has 5 fully saturated rings. The van der Waals surface area contributed by atoms with E-state index in [2.05, 4.69) is 33.2 Å². The zero-order chi connectivity index (χ0) is 61.7. The average Bonchev–Trinajstić information content (AvgIpc) is 1.66. The number of aliphatic hydroxyl groups is 2. The van der Waals surface area contributed by atoms with Crippen LogP contribution >= 0.6 is 0 Å². The number of halogens is 2. The van der Waals surface area contributed by atoms with Gasteiger partial charge in [-0.2, -0.15) is 0 Å². The summed E-state index contributed by atoms with van der Waals surface area (Å²) in [5.74, 6) is -3.74. The number of fused-ring (bicyclic) bond motifs is 6. The fraction of sp³-hybridized carbons (Fsp3) is 0.694. The summed E-state index contributed by atoms with van der Waals surface area (Å²) in [7, 11) is 0. The first-order valence-electron chi connectivity index (χ1n) is 30.2. The lowest BCUT2D eigenvalue weighted by atomic mass is 9.44. The van der Waals surface area contributed by atoms with Gasteiger partial charge < -0.3 is 71.0 Å². The molecule has 9 N–H and O–H groups in total. The number of alkyl carbamates (subject to hydrolysis) is 1. The van der Waals surface area contributed by atoms with Crippen molar-refractivity contribution in [1.82, 2.24) is 21.3 Å². The smallest absolute Gasteiger partial charge is 0.407 e. The number of aliphatic hydroxyl groups excluding tert-OH is 1. The zero-order valence-electron chi connectivity index (χ0n) is 49.9. The molecule has 0 aromatic heterocycles. The molecule has 0 radical (unpaired) electrons. The zero-order valence-corrected chi connectivity index (χ0v) is 49.9. The molecular formula is C62H90F2N6O15. The number of urea groups is 1. The van der Waals surface area contributed by atoms with E-state index in [0.29, 0.717) is 69.6 Å². The third-order valence-electron chi connectivity index (χ3n) is 18.9. The van der Waals surface area contributed by atoms with Crippen LogP contribution in [0.15, 0.2) is 60.2 Å². The summed E-state index contributed by atoms with van der Waals surface area (Å²) in [6.45, 7) is 14.9. The van der Waals surface area contributed by atoms with Crippen LogP contribution in [0.4, 0.5) is 24.1 Å². The van der Waals surface area contributed by atoms with Crippen LogP contribution in [0.3, 0.4) is 0 Å². The van der Waals surface area contributed by atoms with Crippen molar-refractivity contribution >= 4 is 47.1 Å². The van der Waals surface area contributed by atoms with Gasteiger partial charge in [0, 0.05) is 41.9 Å². The summed E-state index contributed by atoms with van der Waals surface area (Å²) in [5, 5.41) is 37.5. The lowest BCUT2D eigenvalue weighted by Gasteiger charge is -2.63. The van der Waals surface area contributed by atoms with Crippen LogP contribution in [-0.2, 0) is 47.7 Å². The molecule has 85 heavy (non-hydrogen) atoms. The van der Waals surface area contributed by atoms with Gasteiger partial charge in [0.2, 0.25) is 23.5 Å². The highest BCUT2D eigenvalue weighted by molar-refractivity contribution is 6.01. The first-order valence-corrected chi connectivity index (χ1v) is 30.2. The molecule has 3 unspecified atom stereocenters. The van der Waals surface area contributed by atoms with Crippen molar-refractivity contribution in [2.24, 2.45) is 58.0 Å². The van der Waals surface area contributed by atoms with E-state index in [9.17, 15) is 43.8 Å². The number of rotatable bonds is 31. The number of primary amides is 1. The fourth-order valence-corrected chi connectivity index (χ4v) is 14.2. The Morgan fingerprint density at radius 3 is 2.18 bits per heavy atom. The molecule has 0 saturated heterocycles. The van der Waals surface area contributed by atoms with Gasteiger partial charge in [-0.1, -0.05) is 45.9 Å². The molecule has 6 amide bonds. The third kappa shape index (κ3) is 15.8. The highest BCUT2D eigenvalue weighted by atomic mass is 19.1. The van der Waals surface area contributed by atoms with E-state index in [4.69, 9.17) is 34.2 Å². The minimum Gasteiger partial charge on any atom is -0.486 e. The Morgan fingerprint density at radius 1 is 0.847 bits per heavy atom. The first-order chi connectivity index (χ1) is 40.4. The van der Waals surface area contributed by atoms with E-state index in [1.165, 1.54) is 61.8 Å². The number of hydrogen-bond donors (Lipinski definition) is 8. The van der Waals surface area contributed by atoms with E-state index >= 15 is 8.78 Å². The number of ether oxygens (including phenoxy) is 6. The van der Waals surface area contributed by atoms with Gasteiger partial charge in [-0.3, -0.25) is 24.0 Å². The van der Waals surface area contributed by atoms with Crippen molar-refractivity contribution in [2.45, 2.75) is 141 Å². The van der Waals surface area contributed by atoms with Gasteiger partial charge in [-0.05, 0) is 149 Å². The van der Waals surface area contributed by atoms with E-state index in [-0.39, 0.29) is 82.1 Å². The molecule has 0 spiro atoms. The normalized spacial score (nSPS) is 30.8. The van der Waals surface area contributed by atoms with Crippen molar-refractivity contribution in [3.05, 3.63) is 60.2 Å². The summed E-state index contributed by atoms with van der Waals surface area (Å²) in [5.41, 5.74) is -0.579. The molecule has 6 aliphatic carbocycles. The molecule has 0 heterocycles. The van der Waals surface area contributed by atoms with Crippen molar-refractivity contribution in [3.63, 3.8) is 0 Å². The number of benzene rings is 1. The van der Waals surface area contributed by atoms with Crippen LogP contribution in [0, 0.1) is 52.3 Å². The highest BCUT2D eigenvalue weighted by Gasteiger charge is 2.76. The molecule has 6 aliphatic rings. The van der Waals surface area contributed by atoms with Crippen LogP contribution in [-0.4, -0.2) is 166 Å². The molecule has 21 nitrogen and oxygen atoms in total. The minimum absolute atomic E-state index is 0.0179. The number of anilines is 1. The predicted octanol–water partition coefficient (Wildman–Crippen LogP) is 5.51. The van der Waals surface area contributed by atoms with Gasteiger partial charge in [0.25, 0.3) is 0 Å². The summed E-state index contributed by atoms with van der Waals surface area (Å²) >= 11 is 0. The molecule has 0 bridgehead atoms. The number of amides is 6. The lowest BCUT2D eigenvalue weighted by molar-refractivity contribution is -0.223. The quantitative estimate of drug-likeness (QED) is 0.0336. The standard InChI is InChI=1S/C62H90F2N6O15/c1-37(2)54(70-53(74)19-23-80-25-27-82-29-30-83-28-26-81-24-22-67-58(78)85-35-45-43-10-7-9-38(3)12-17-44(43)45)56(76)69-50(11-8-21-66-57(65)77)55(75)68-40-13-15-42(16-14-40)84-36-52(73)62(79)39(4)31-46-47-33-49(63)48-32-41(71)18-20-59(48,5)61(47,64)51(72)34-60(46,62)6/h13-16,18,20,32,37,39,43-47,49-51,54,72,79H,3,7-12,17,19,21-31,33-36H2,1-2,4-6H3,(H,67,78)(H,68,75)(H,69,76)(H,70,74)(H3,65,66,77)/t39-,43?,44?,45?,46+,47+,49+,50+,51+,54+,59+,60+,61+,62+/m1/s1. The second kappa shape index (κ2) is 29.7. The number of Topliss-reactive ketones (excluding diaryl/α,β-unsaturated/α-hetero) is 1. The number of nitrogens with two attached hydrogens (primary N) is 1. The second-order valence-electron chi connectivity index (χ2n) is 24.7. The monoisotopic (exact) mass is 1200 g/mol. The van der Waals surface area contributed by atoms with Gasteiger partial charge in [0.1, 0.15) is 36.2 Å². The maximum absolute atomic E-state index is 17.7. The SMILES string of the molecule is C=C1CCCC2C(CC1)C2COC(=O)NCCOCCOCCOCCOCCC(=O)N[C@H](C(=O)N[C@@H](CCCNC(N)=O)C(=O)Nc1ccc(OCC(=O)[C@@]2(O)[C@H](C)C[C@H]3[C@@H]4C[C@H](F)C5=CC(=O)C=C[C@]5(C)[C@@]4(F)[C@@H](O)C[C@@]32C)cc1)C(C)C. The topological polar surface area (TPSA) is 302 Å². The van der Waals surface area contributed by atoms with Gasteiger partial charge in [-0.25, -0.2) is 18.4 Å². The Labute approximate surface area is 497 Å². The van der Waals surface area contributed by atoms with Gasteiger partial charge in [-0.15, -0.1) is 0 Å².